The predicted molar refractivity (Wildman–Crippen MR) is 71.4 cm³/mol. The summed E-state index contributed by atoms with van der Waals surface area (Å²) >= 11 is 0. The molecule has 0 atom stereocenters. The smallest absolute Gasteiger partial charge is 0.282 e. The van der Waals surface area contributed by atoms with Crippen molar-refractivity contribution in [2.75, 3.05) is 52.4 Å². The molecule has 7 heteroatoms. The van der Waals surface area contributed by atoms with Gasteiger partial charge in [0.15, 0.2) is 0 Å². The van der Waals surface area contributed by atoms with Crippen molar-refractivity contribution in [1.82, 2.24) is 13.5 Å². The van der Waals surface area contributed by atoms with E-state index >= 15 is 0 Å². The summed E-state index contributed by atoms with van der Waals surface area (Å²) in [6.45, 7) is 5.65. The molecule has 0 spiro atoms. The van der Waals surface area contributed by atoms with Gasteiger partial charge >= 0.3 is 0 Å². The van der Waals surface area contributed by atoms with Gasteiger partial charge in [-0.05, 0) is 12.8 Å². The van der Waals surface area contributed by atoms with Crippen molar-refractivity contribution in [3.05, 3.63) is 0 Å². The number of nitrogens with zero attached hydrogens (tertiary/aromatic N) is 3. The van der Waals surface area contributed by atoms with Gasteiger partial charge in [0.25, 0.3) is 10.2 Å². The van der Waals surface area contributed by atoms with Crippen molar-refractivity contribution in [1.29, 1.82) is 0 Å². The van der Waals surface area contributed by atoms with E-state index in [2.05, 4.69) is 4.90 Å². The van der Waals surface area contributed by atoms with Gasteiger partial charge in [0.05, 0.1) is 0 Å². The van der Waals surface area contributed by atoms with E-state index in [1.54, 1.807) is 8.61 Å². The fourth-order valence-electron chi connectivity index (χ4n) is 2.63. The van der Waals surface area contributed by atoms with Crippen LogP contribution in [0.3, 0.4) is 0 Å². The Bertz CT molecular complexity index is 346. The molecule has 0 saturated carbocycles. The highest BCUT2D eigenvalue weighted by molar-refractivity contribution is 7.86. The molecule has 0 aliphatic carbocycles. The molecule has 2 saturated heterocycles. The van der Waals surface area contributed by atoms with Gasteiger partial charge in [-0.15, -0.1) is 0 Å². The molecule has 2 rings (SSSR count). The first-order chi connectivity index (χ1) is 8.64. The van der Waals surface area contributed by atoms with Crippen molar-refractivity contribution in [3.8, 4) is 0 Å². The minimum absolute atomic E-state index is 0.596. The zero-order chi connectivity index (χ0) is 13.0. The van der Waals surface area contributed by atoms with Crippen LogP contribution in [0, 0.1) is 0 Å². The van der Waals surface area contributed by atoms with Crippen LogP contribution in [0.25, 0.3) is 0 Å². The highest BCUT2D eigenvalue weighted by Gasteiger charge is 2.32. The van der Waals surface area contributed by atoms with Gasteiger partial charge in [0, 0.05) is 52.4 Å². The second kappa shape index (κ2) is 6.29. The molecular weight excluding hydrogens is 252 g/mol. The maximum absolute atomic E-state index is 12.4. The Labute approximate surface area is 110 Å². The van der Waals surface area contributed by atoms with Crippen LogP contribution in [0.4, 0.5) is 0 Å². The van der Waals surface area contributed by atoms with Crippen LogP contribution in [-0.2, 0) is 10.2 Å². The minimum Gasteiger partial charge on any atom is -0.329 e. The third-order valence-electron chi connectivity index (χ3n) is 3.74. The van der Waals surface area contributed by atoms with Crippen molar-refractivity contribution in [3.63, 3.8) is 0 Å². The van der Waals surface area contributed by atoms with E-state index in [4.69, 9.17) is 5.73 Å². The molecule has 0 bridgehead atoms. The largest absolute Gasteiger partial charge is 0.329 e. The van der Waals surface area contributed by atoms with Gasteiger partial charge in [-0.2, -0.15) is 17.0 Å². The summed E-state index contributed by atoms with van der Waals surface area (Å²) in [4.78, 5) is 2.22. The summed E-state index contributed by atoms with van der Waals surface area (Å²) < 4.78 is 28.1. The predicted octanol–water partition coefficient (Wildman–Crippen LogP) is -0.707. The third kappa shape index (κ3) is 3.21. The van der Waals surface area contributed by atoms with E-state index in [1.165, 1.54) is 0 Å². The van der Waals surface area contributed by atoms with Crippen molar-refractivity contribution in [2.24, 2.45) is 5.73 Å². The monoisotopic (exact) mass is 276 g/mol. The minimum atomic E-state index is -3.21. The van der Waals surface area contributed by atoms with Gasteiger partial charge in [-0.3, -0.25) is 4.90 Å². The molecule has 106 valence electrons. The number of hydrogen-bond donors (Lipinski definition) is 1. The van der Waals surface area contributed by atoms with E-state index in [1.807, 2.05) is 0 Å². The first kappa shape index (κ1) is 14.2. The lowest BCUT2D eigenvalue weighted by molar-refractivity contribution is 0.182. The second-order valence-electron chi connectivity index (χ2n) is 5.00. The quantitative estimate of drug-likeness (QED) is 0.737. The molecule has 0 amide bonds. The van der Waals surface area contributed by atoms with E-state index in [-0.39, 0.29) is 0 Å². The Kier molecular flexibility index (Phi) is 4.97. The number of piperazine rings is 1. The molecule has 2 heterocycles. The lowest BCUT2D eigenvalue weighted by atomic mass is 10.2. The third-order valence-corrected chi connectivity index (χ3v) is 5.78. The maximum atomic E-state index is 12.4. The van der Waals surface area contributed by atoms with Crippen LogP contribution in [0.5, 0.6) is 0 Å². The molecule has 18 heavy (non-hydrogen) atoms. The van der Waals surface area contributed by atoms with E-state index < -0.39 is 10.2 Å². The van der Waals surface area contributed by atoms with Crippen molar-refractivity contribution >= 4 is 10.2 Å². The summed E-state index contributed by atoms with van der Waals surface area (Å²) in [5.41, 5.74) is 5.51. The van der Waals surface area contributed by atoms with Crippen LogP contribution in [0.2, 0.25) is 0 Å². The molecule has 0 aromatic heterocycles. The average Bonchev–Trinajstić information content (AvgIpc) is 2.41. The average molecular weight is 276 g/mol. The topological polar surface area (TPSA) is 69.9 Å². The Morgan fingerprint density at radius 1 is 0.833 bits per heavy atom. The molecular formula is C11H24N4O2S. The number of hydrogen-bond acceptors (Lipinski definition) is 4. The first-order valence-corrected chi connectivity index (χ1v) is 8.22. The number of piperidine rings is 1. The number of rotatable bonds is 4. The zero-order valence-corrected chi connectivity index (χ0v) is 11.7. The summed E-state index contributed by atoms with van der Waals surface area (Å²) in [6.07, 6.45) is 3.13. The number of nitrogens with two attached hydrogens (primary N) is 1. The summed E-state index contributed by atoms with van der Waals surface area (Å²) in [7, 11) is -3.21. The van der Waals surface area contributed by atoms with E-state index in [0.717, 1.165) is 38.9 Å². The summed E-state index contributed by atoms with van der Waals surface area (Å²) in [5, 5.41) is 0. The molecule has 2 aliphatic rings. The van der Waals surface area contributed by atoms with Crippen LogP contribution >= 0.6 is 0 Å². The Hall–Kier alpha value is -0.210. The SMILES string of the molecule is NCCN1CCN(S(=O)(=O)N2CCCCC2)CC1. The second-order valence-corrected chi connectivity index (χ2v) is 6.93. The molecule has 0 aromatic rings. The van der Waals surface area contributed by atoms with Crippen LogP contribution in [-0.4, -0.2) is 74.3 Å². The first-order valence-electron chi connectivity index (χ1n) is 6.82. The lowest BCUT2D eigenvalue weighted by Gasteiger charge is -2.37. The zero-order valence-electron chi connectivity index (χ0n) is 10.9. The van der Waals surface area contributed by atoms with Crippen LogP contribution in [0.1, 0.15) is 19.3 Å². The van der Waals surface area contributed by atoms with Crippen LogP contribution < -0.4 is 5.73 Å². The van der Waals surface area contributed by atoms with Gasteiger partial charge < -0.3 is 5.73 Å². The molecule has 2 fully saturated rings. The van der Waals surface area contributed by atoms with Crippen LogP contribution in [0.15, 0.2) is 0 Å². The normalized spacial score (nSPS) is 25.4. The van der Waals surface area contributed by atoms with Crippen molar-refractivity contribution < 1.29 is 8.42 Å². The van der Waals surface area contributed by atoms with E-state index in [9.17, 15) is 8.42 Å². The Balaban J connectivity index is 1.91. The fourth-order valence-corrected chi connectivity index (χ4v) is 4.30. The van der Waals surface area contributed by atoms with Crippen molar-refractivity contribution in [2.45, 2.75) is 19.3 Å². The molecule has 6 nitrogen and oxygen atoms in total. The maximum Gasteiger partial charge on any atom is 0.282 e. The summed E-state index contributed by atoms with van der Waals surface area (Å²) in [6, 6.07) is 0. The van der Waals surface area contributed by atoms with E-state index in [0.29, 0.717) is 32.7 Å². The molecule has 2 aliphatic heterocycles. The van der Waals surface area contributed by atoms with Gasteiger partial charge in [0.1, 0.15) is 0 Å². The molecule has 0 unspecified atom stereocenters. The molecule has 0 aromatic carbocycles. The Morgan fingerprint density at radius 2 is 1.39 bits per heavy atom. The Morgan fingerprint density at radius 3 is 1.94 bits per heavy atom. The lowest BCUT2D eigenvalue weighted by Crippen LogP contribution is -2.54. The molecule has 0 radical (unpaired) electrons. The highest BCUT2D eigenvalue weighted by atomic mass is 32.2. The van der Waals surface area contributed by atoms with Gasteiger partial charge in [-0.25, -0.2) is 0 Å². The fraction of sp³-hybridized carbons (Fsp3) is 1.00. The van der Waals surface area contributed by atoms with Gasteiger partial charge in [0.2, 0.25) is 0 Å². The summed E-state index contributed by atoms with van der Waals surface area (Å²) in [5.74, 6) is 0. The highest BCUT2D eigenvalue weighted by Crippen LogP contribution is 2.17. The standard InChI is InChI=1S/C11H24N4O2S/c12-4-7-13-8-10-15(11-9-13)18(16,17)14-5-2-1-3-6-14/h1-12H2. The molecule has 2 N–H and O–H groups in total. The van der Waals surface area contributed by atoms with Gasteiger partial charge in [-0.1, -0.05) is 6.42 Å².